The molecular formula is C12H18N2O3. The van der Waals surface area contributed by atoms with E-state index in [1.54, 1.807) is 12.1 Å². The van der Waals surface area contributed by atoms with E-state index in [1.165, 1.54) is 6.07 Å². The van der Waals surface area contributed by atoms with Crippen molar-refractivity contribution in [3.63, 3.8) is 0 Å². The maximum absolute atomic E-state index is 11.2. The van der Waals surface area contributed by atoms with Crippen LogP contribution in [0.4, 0.5) is 11.4 Å². The third-order valence-electron chi connectivity index (χ3n) is 2.52. The number of rotatable bonds is 5. The molecule has 4 N–H and O–H groups in total. The summed E-state index contributed by atoms with van der Waals surface area (Å²) in [5.74, 6) is -1.02. The number of nitrogens with zero attached hydrogens (tertiary/aromatic N) is 1. The number of carboxylic acid groups (broad SMARTS) is 1. The smallest absolute Gasteiger partial charge is 0.337 e. The van der Waals surface area contributed by atoms with Gasteiger partial charge in [0.25, 0.3) is 0 Å². The molecule has 0 bridgehead atoms. The molecular weight excluding hydrogens is 220 g/mol. The third-order valence-corrected chi connectivity index (χ3v) is 2.52. The van der Waals surface area contributed by atoms with E-state index < -0.39 is 5.97 Å². The monoisotopic (exact) mass is 238 g/mol. The second kappa shape index (κ2) is 5.54. The number of aromatic carboxylic acids is 1. The minimum absolute atomic E-state index is 0.0262. The Bertz CT molecular complexity index is 405. The second-order valence-corrected chi connectivity index (χ2v) is 4.09. The molecule has 0 fully saturated rings. The standard InChI is InChI=1S/C12H18N2O3/c1-8(2)14(5-6-15)11-4-3-9(13)7-10(11)12(16)17/h3-4,7-8,15H,5-6,13H2,1-2H3,(H,16,17). The average molecular weight is 238 g/mol. The Morgan fingerprint density at radius 3 is 2.59 bits per heavy atom. The van der Waals surface area contributed by atoms with Crippen molar-refractivity contribution in [3.8, 4) is 0 Å². The molecule has 0 unspecified atom stereocenters. The summed E-state index contributed by atoms with van der Waals surface area (Å²) in [6, 6.07) is 4.87. The van der Waals surface area contributed by atoms with Crippen molar-refractivity contribution in [2.45, 2.75) is 19.9 Å². The number of nitrogens with two attached hydrogens (primary N) is 1. The van der Waals surface area contributed by atoms with Crippen molar-refractivity contribution in [1.82, 2.24) is 0 Å². The molecule has 1 aromatic rings. The first-order chi connectivity index (χ1) is 7.97. The highest BCUT2D eigenvalue weighted by Gasteiger charge is 2.18. The lowest BCUT2D eigenvalue weighted by Gasteiger charge is -2.29. The van der Waals surface area contributed by atoms with Gasteiger partial charge in [0.15, 0.2) is 0 Å². The molecule has 0 radical (unpaired) electrons. The third kappa shape index (κ3) is 3.10. The number of aliphatic hydroxyl groups is 1. The molecule has 0 amide bonds. The zero-order valence-electron chi connectivity index (χ0n) is 10.1. The van der Waals surface area contributed by atoms with E-state index in [4.69, 9.17) is 15.9 Å². The van der Waals surface area contributed by atoms with Crippen LogP contribution in [0.3, 0.4) is 0 Å². The summed E-state index contributed by atoms with van der Waals surface area (Å²) >= 11 is 0. The molecule has 0 heterocycles. The van der Waals surface area contributed by atoms with Crippen LogP contribution < -0.4 is 10.6 Å². The van der Waals surface area contributed by atoms with Gasteiger partial charge in [0.05, 0.1) is 17.9 Å². The van der Waals surface area contributed by atoms with Crippen LogP contribution in [0.2, 0.25) is 0 Å². The Kier molecular flexibility index (Phi) is 4.34. The molecule has 0 aromatic heterocycles. The lowest BCUT2D eigenvalue weighted by molar-refractivity contribution is 0.0697. The van der Waals surface area contributed by atoms with Gasteiger partial charge in [0.1, 0.15) is 0 Å². The number of benzene rings is 1. The fourth-order valence-corrected chi connectivity index (χ4v) is 1.74. The minimum Gasteiger partial charge on any atom is -0.478 e. The zero-order chi connectivity index (χ0) is 13.0. The van der Waals surface area contributed by atoms with Gasteiger partial charge < -0.3 is 20.8 Å². The molecule has 5 nitrogen and oxygen atoms in total. The summed E-state index contributed by atoms with van der Waals surface area (Å²) in [5, 5.41) is 18.2. The van der Waals surface area contributed by atoms with Gasteiger partial charge in [0, 0.05) is 18.3 Å². The van der Waals surface area contributed by atoms with E-state index in [9.17, 15) is 4.79 Å². The van der Waals surface area contributed by atoms with Crippen molar-refractivity contribution < 1.29 is 15.0 Å². The highest BCUT2D eigenvalue weighted by molar-refractivity contribution is 5.95. The largest absolute Gasteiger partial charge is 0.478 e. The van der Waals surface area contributed by atoms with Crippen LogP contribution in [-0.2, 0) is 0 Å². The Labute approximate surface area is 100 Å². The molecule has 1 rings (SSSR count). The number of aliphatic hydroxyl groups excluding tert-OH is 1. The Balaban J connectivity index is 3.22. The van der Waals surface area contributed by atoms with Gasteiger partial charge in [-0.2, -0.15) is 0 Å². The summed E-state index contributed by atoms with van der Waals surface area (Å²) in [6.45, 7) is 4.25. The van der Waals surface area contributed by atoms with E-state index in [2.05, 4.69) is 0 Å². The van der Waals surface area contributed by atoms with Crippen LogP contribution in [0.15, 0.2) is 18.2 Å². The van der Waals surface area contributed by atoms with Crippen molar-refractivity contribution in [3.05, 3.63) is 23.8 Å². The lowest BCUT2D eigenvalue weighted by Crippen LogP contribution is -2.34. The van der Waals surface area contributed by atoms with E-state index in [0.29, 0.717) is 17.9 Å². The van der Waals surface area contributed by atoms with E-state index in [1.807, 2.05) is 18.7 Å². The van der Waals surface area contributed by atoms with Gasteiger partial charge in [-0.15, -0.1) is 0 Å². The molecule has 5 heteroatoms. The van der Waals surface area contributed by atoms with E-state index >= 15 is 0 Å². The van der Waals surface area contributed by atoms with Crippen LogP contribution in [0.1, 0.15) is 24.2 Å². The predicted octanol–water partition coefficient (Wildman–Crippen LogP) is 1.17. The molecule has 0 aliphatic carbocycles. The van der Waals surface area contributed by atoms with Gasteiger partial charge in [-0.3, -0.25) is 0 Å². The molecule has 0 saturated carbocycles. The van der Waals surface area contributed by atoms with Crippen LogP contribution >= 0.6 is 0 Å². The average Bonchev–Trinajstić information content (AvgIpc) is 2.26. The fourth-order valence-electron chi connectivity index (χ4n) is 1.74. The van der Waals surface area contributed by atoms with Gasteiger partial charge in [-0.25, -0.2) is 4.79 Å². The number of hydrogen-bond acceptors (Lipinski definition) is 4. The van der Waals surface area contributed by atoms with Crippen LogP contribution in [0, 0.1) is 0 Å². The lowest BCUT2D eigenvalue weighted by atomic mass is 10.1. The van der Waals surface area contributed by atoms with Crippen molar-refractivity contribution in [1.29, 1.82) is 0 Å². The van der Waals surface area contributed by atoms with Crippen LogP contribution in [-0.4, -0.2) is 35.4 Å². The first-order valence-corrected chi connectivity index (χ1v) is 5.47. The second-order valence-electron chi connectivity index (χ2n) is 4.09. The van der Waals surface area contributed by atoms with E-state index in [0.717, 1.165) is 0 Å². The fraction of sp³-hybridized carbons (Fsp3) is 0.417. The Morgan fingerprint density at radius 2 is 2.12 bits per heavy atom. The summed E-state index contributed by atoms with van der Waals surface area (Å²) in [4.78, 5) is 13.0. The summed E-state index contributed by atoms with van der Waals surface area (Å²) in [5.41, 5.74) is 6.74. The maximum Gasteiger partial charge on any atom is 0.337 e. The molecule has 0 aliphatic heterocycles. The molecule has 17 heavy (non-hydrogen) atoms. The summed E-state index contributed by atoms with van der Waals surface area (Å²) < 4.78 is 0. The number of nitrogen functional groups attached to an aromatic ring is 1. The van der Waals surface area contributed by atoms with Crippen LogP contribution in [0.5, 0.6) is 0 Å². The van der Waals surface area contributed by atoms with Gasteiger partial charge in [0.2, 0.25) is 0 Å². The highest BCUT2D eigenvalue weighted by atomic mass is 16.4. The Morgan fingerprint density at radius 1 is 1.47 bits per heavy atom. The van der Waals surface area contributed by atoms with Crippen LogP contribution in [0.25, 0.3) is 0 Å². The van der Waals surface area contributed by atoms with Gasteiger partial charge in [-0.05, 0) is 32.0 Å². The molecule has 0 aliphatic rings. The molecule has 0 saturated heterocycles. The topological polar surface area (TPSA) is 86.8 Å². The SMILES string of the molecule is CC(C)N(CCO)c1ccc(N)cc1C(=O)O. The first-order valence-electron chi connectivity index (χ1n) is 5.47. The summed E-state index contributed by atoms with van der Waals surface area (Å²) in [7, 11) is 0. The predicted molar refractivity (Wildman–Crippen MR) is 67.4 cm³/mol. The minimum atomic E-state index is -1.02. The number of anilines is 2. The normalized spacial score (nSPS) is 10.6. The quantitative estimate of drug-likeness (QED) is 0.670. The highest BCUT2D eigenvalue weighted by Crippen LogP contribution is 2.24. The molecule has 0 spiro atoms. The number of carboxylic acids is 1. The van der Waals surface area contributed by atoms with E-state index in [-0.39, 0.29) is 18.2 Å². The maximum atomic E-state index is 11.2. The Hall–Kier alpha value is -1.75. The van der Waals surface area contributed by atoms with Gasteiger partial charge >= 0.3 is 5.97 Å². The van der Waals surface area contributed by atoms with Crippen molar-refractivity contribution in [2.24, 2.45) is 0 Å². The molecule has 1 aromatic carbocycles. The summed E-state index contributed by atoms with van der Waals surface area (Å²) in [6.07, 6.45) is 0. The molecule has 94 valence electrons. The van der Waals surface area contributed by atoms with Crippen molar-refractivity contribution >= 4 is 17.3 Å². The first kappa shape index (κ1) is 13.3. The zero-order valence-corrected chi connectivity index (χ0v) is 10.1. The number of hydrogen-bond donors (Lipinski definition) is 3. The number of carbonyl (C=O) groups is 1. The molecule has 0 atom stereocenters. The van der Waals surface area contributed by atoms with Gasteiger partial charge in [-0.1, -0.05) is 0 Å². The van der Waals surface area contributed by atoms with Crippen molar-refractivity contribution in [2.75, 3.05) is 23.8 Å².